The summed E-state index contributed by atoms with van der Waals surface area (Å²) in [5.74, 6) is 0.0105. The van der Waals surface area contributed by atoms with Crippen LogP contribution in [-0.4, -0.2) is 23.6 Å². The maximum atomic E-state index is 13.5. The van der Waals surface area contributed by atoms with Crippen LogP contribution < -0.4 is 4.72 Å². The Labute approximate surface area is 116 Å². The van der Waals surface area contributed by atoms with Gasteiger partial charge in [-0.25, -0.2) is 22.5 Å². The van der Waals surface area contributed by atoms with E-state index in [4.69, 9.17) is 0 Å². The van der Waals surface area contributed by atoms with Gasteiger partial charge in [0.2, 0.25) is 10.0 Å². The number of halogens is 1. The summed E-state index contributed by atoms with van der Waals surface area (Å²) in [4.78, 5) is 3.92. The second-order valence-electron chi connectivity index (χ2n) is 4.58. The van der Waals surface area contributed by atoms with E-state index in [1.165, 1.54) is 32.3 Å². The first-order valence-electron chi connectivity index (χ1n) is 5.95. The number of H-pyrrole nitrogens is 1. The van der Waals surface area contributed by atoms with Crippen LogP contribution in [-0.2, 0) is 10.0 Å². The number of hydrogen-bond donors (Lipinski definition) is 2. The van der Waals surface area contributed by atoms with Gasteiger partial charge >= 0.3 is 0 Å². The summed E-state index contributed by atoms with van der Waals surface area (Å²) in [6.07, 6.45) is 1.30. The van der Waals surface area contributed by atoms with Crippen molar-refractivity contribution in [1.29, 1.82) is 0 Å². The highest BCUT2D eigenvalue weighted by Crippen LogP contribution is 2.20. The smallest absolute Gasteiger partial charge is 0.241 e. The normalized spacial score (nSPS) is 13.4. The minimum Gasteiger partial charge on any atom is -0.262 e. The van der Waals surface area contributed by atoms with Gasteiger partial charge in [-0.15, -0.1) is 0 Å². The predicted octanol–water partition coefficient (Wildman–Crippen LogP) is 1.60. The van der Waals surface area contributed by atoms with Crippen LogP contribution >= 0.6 is 0 Å². The number of aromatic nitrogens is 3. The molecule has 6 nitrogen and oxygen atoms in total. The van der Waals surface area contributed by atoms with E-state index in [9.17, 15) is 12.8 Å². The largest absolute Gasteiger partial charge is 0.262 e. The van der Waals surface area contributed by atoms with Crippen molar-refractivity contribution in [2.75, 3.05) is 0 Å². The minimum absolute atomic E-state index is 0.0280. The number of aryl methyl sites for hydroxylation is 2. The van der Waals surface area contributed by atoms with E-state index >= 15 is 0 Å². The van der Waals surface area contributed by atoms with Crippen molar-refractivity contribution < 1.29 is 12.8 Å². The molecule has 2 N–H and O–H groups in total. The monoisotopic (exact) mass is 298 g/mol. The molecule has 1 atom stereocenters. The van der Waals surface area contributed by atoms with Gasteiger partial charge < -0.3 is 0 Å². The molecule has 0 fully saturated rings. The molecule has 2 aromatic rings. The average molecular weight is 298 g/mol. The van der Waals surface area contributed by atoms with Crippen LogP contribution in [0, 0.1) is 19.7 Å². The Morgan fingerprint density at radius 3 is 2.40 bits per heavy atom. The quantitative estimate of drug-likeness (QED) is 0.897. The summed E-state index contributed by atoms with van der Waals surface area (Å²) < 4.78 is 40.5. The van der Waals surface area contributed by atoms with E-state index in [0.29, 0.717) is 5.82 Å². The SMILES string of the molecule is Cc1cc(S(=O)(=O)NC(C)c2ncn[nH]2)cc(C)c1F. The maximum Gasteiger partial charge on any atom is 0.241 e. The van der Waals surface area contributed by atoms with Crippen LogP contribution in [0.3, 0.4) is 0 Å². The van der Waals surface area contributed by atoms with E-state index in [-0.39, 0.29) is 16.0 Å². The van der Waals surface area contributed by atoms with Crippen LogP contribution in [0.4, 0.5) is 4.39 Å². The Balaban J connectivity index is 2.31. The van der Waals surface area contributed by atoms with E-state index in [1.807, 2.05) is 0 Å². The van der Waals surface area contributed by atoms with Gasteiger partial charge in [0, 0.05) is 0 Å². The fourth-order valence-corrected chi connectivity index (χ4v) is 3.22. The molecule has 20 heavy (non-hydrogen) atoms. The number of sulfonamides is 1. The molecular formula is C12H15FN4O2S. The molecule has 0 bridgehead atoms. The summed E-state index contributed by atoms with van der Waals surface area (Å²) in [7, 11) is -3.75. The van der Waals surface area contributed by atoms with Crippen molar-refractivity contribution in [3.63, 3.8) is 0 Å². The lowest BCUT2D eigenvalue weighted by Crippen LogP contribution is -2.27. The maximum absolute atomic E-state index is 13.5. The number of benzene rings is 1. The number of rotatable bonds is 4. The second-order valence-corrected chi connectivity index (χ2v) is 6.30. The molecule has 0 spiro atoms. The van der Waals surface area contributed by atoms with Gasteiger partial charge in [-0.1, -0.05) is 0 Å². The van der Waals surface area contributed by atoms with E-state index in [1.54, 1.807) is 6.92 Å². The van der Waals surface area contributed by atoms with Gasteiger partial charge in [0.15, 0.2) is 0 Å². The molecule has 0 aliphatic heterocycles. The molecule has 8 heteroatoms. The molecule has 108 valence electrons. The first kappa shape index (κ1) is 14.6. The predicted molar refractivity (Wildman–Crippen MR) is 71.0 cm³/mol. The zero-order valence-corrected chi connectivity index (χ0v) is 12.1. The molecule has 1 aromatic heterocycles. The molecular weight excluding hydrogens is 283 g/mol. The Morgan fingerprint density at radius 1 is 1.30 bits per heavy atom. The van der Waals surface area contributed by atoms with Crippen molar-refractivity contribution >= 4 is 10.0 Å². The molecule has 0 aliphatic carbocycles. The van der Waals surface area contributed by atoms with Crippen LogP contribution in [0.2, 0.25) is 0 Å². The zero-order valence-electron chi connectivity index (χ0n) is 11.3. The summed E-state index contributed by atoms with van der Waals surface area (Å²) in [5, 5.41) is 6.26. The molecule has 0 aliphatic rings. The van der Waals surface area contributed by atoms with Crippen molar-refractivity contribution in [3.8, 4) is 0 Å². The molecule has 2 rings (SSSR count). The summed E-state index contributed by atoms with van der Waals surface area (Å²) in [6.45, 7) is 4.70. The highest BCUT2D eigenvalue weighted by Gasteiger charge is 2.21. The standard InChI is InChI=1S/C12H15FN4O2S/c1-7-4-10(5-8(2)11(7)13)20(18,19)17-9(3)12-14-6-15-16-12/h4-6,9,17H,1-3H3,(H,14,15,16). The summed E-state index contributed by atoms with van der Waals surface area (Å²) in [5.41, 5.74) is 0.579. The van der Waals surface area contributed by atoms with Crippen LogP contribution in [0.25, 0.3) is 0 Å². The third kappa shape index (κ3) is 2.86. The summed E-state index contributed by atoms with van der Waals surface area (Å²) >= 11 is 0. The molecule has 1 heterocycles. The Kier molecular flexibility index (Phi) is 3.87. The van der Waals surface area contributed by atoms with Gasteiger partial charge in [0.1, 0.15) is 18.0 Å². The lowest BCUT2D eigenvalue weighted by atomic mass is 10.1. The molecule has 0 saturated carbocycles. The lowest BCUT2D eigenvalue weighted by Gasteiger charge is -2.13. The zero-order chi connectivity index (χ0) is 14.9. The lowest BCUT2D eigenvalue weighted by molar-refractivity contribution is 0.559. The average Bonchev–Trinajstić information content (AvgIpc) is 2.88. The van der Waals surface area contributed by atoms with Crippen LogP contribution in [0.5, 0.6) is 0 Å². The van der Waals surface area contributed by atoms with Crippen molar-refractivity contribution in [3.05, 3.63) is 41.2 Å². The Hall–Kier alpha value is -1.80. The minimum atomic E-state index is -3.75. The van der Waals surface area contributed by atoms with Gasteiger partial charge in [-0.3, -0.25) is 5.10 Å². The van der Waals surface area contributed by atoms with E-state index in [2.05, 4.69) is 19.9 Å². The number of nitrogens with zero attached hydrogens (tertiary/aromatic N) is 2. The fourth-order valence-electron chi connectivity index (χ4n) is 1.84. The summed E-state index contributed by atoms with van der Waals surface area (Å²) in [6, 6.07) is 2.04. The molecule has 0 radical (unpaired) electrons. The van der Waals surface area contributed by atoms with Gasteiger partial charge in [-0.2, -0.15) is 5.10 Å². The van der Waals surface area contributed by atoms with Crippen molar-refractivity contribution in [2.45, 2.75) is 31.7 Å². The number of aromatic amines is 1. The van der Waals surface area contributed by atoms with E-state index < -0.39 is 21.9 Å². The first-order chi connectivity index (χ1) is 9.31. The highest BCUT2D eigenvalue weighted by atomic mass is 32.2. The van der Waals surface area contributed by atoms with E-state index in [0.717, 1.165) is 0 Å². The molecule has 0 saturated heterocycles. The molecule has 0 amide bonds. The van der Waals surface area contributed by atoms with Crippen LogP contribution in [0.15, 0.2) is 23.4 Å². The topological polar surface area (TPSA) is 87.7 Å². The molecule has 1 aromatic carbocycles. The first-order valence-corrected chi connectivity index (χ1v) is 7.44. The Morgan fingerprint density at radius 2 is 1.90 bits per heavy atom. The second kappa shape index (κ2) is 5.29. The van der Waals surface area contributed by atoms with Gasteiger partial charge in [0.25, 0.3) is 0 Å². The third-order valence-electron chi connectivity index (χ3n) is 2.90. The van der Waals surface area contributed by atoms with Gasteiger partial charge in [-0.05, 0) is 44.0 Å². The number of nitrogens with one attached hydrogen (secondary N) is 2. The third-order valence-corrected chi connectivity index (χ3v) is 4.42. The fraction of sp³-hybridized carbons (Fsp3) is 0.333. The number of hydrogen-bond acceptors (Lipinski definition) is 4. The molecule has 1 unspecified atom stereocenters. The highest BCUT2D eigenvalue weighted by molar-refractivity contribution is 7.89. The van der Waals surface area contributed by atoms with Crippen LogP contribution in [0.1, 0.15) is 29.9 Å². The van der Waals surface area contributed by atoms with Crippen molar-refractivity contribution in [1.82, 2.24) is 19.9 Å². The van der Waals surface area contributed by atoms with Gasteiger partial charge in [0.05, 0.1) is 10.9 Å². The Bertz CT molecular complexity index is 690. The van der Waals surface area contributed by atoms with Crippen molar-refractivity contribution in [2.24, 2.45) is 0 Å².